The van der Waals surface area contributed by atoms with Crippen molar-refractivity contribution < 1.29 is 27.3 Å². The highest BCUT2D eigenvalue weighted by Gasteiger charge is 2.28. The molecule has 0 aliphatic carbocycles. The van der Waals surface area contributed by atoms with Gasteiger partial charge in [0.15, 0.2) is 5.75 Å². The Balaban J connectivity index is 1.64. The Morgan fingerprint density at radius 3 is 2.45 bits per heavy atom. The molecule has 0 bridgehead atoms. The van der Waals surface area contributed by atoms with Crippen LogP contribution >= 0.6 is 0 Å². The minimum absolute atomic E-state index is 0.0332. The Bertz CT molecular complexity index is 1070. The summed E-state index contributed by atoms with van der Waals surface area (Å²) in [5.74, 6) is -0.802. The van der Waals surface area contributed by atoms with Gasteiger partial charge in [0.1, 0.15) is 5.82 Å². The minimum atomic E-state index is -3.80. The van der Waals surface area contributed by atoms with Crippen LogP contribution in [0.1, 0.15) is 30.1 Å². The van der Waals surface area contributed by atoms with Crippen molar-refractivity contribution in [2.45, 2.75) is 30.7 Å². The van der Waals surface area contributed by atoms with E-state index in [1.165, 1.54) is 35.2 Å². The molecule has 2 aromatic carbocycles. The van der Waals surface area contributed by atoms with Crippen LogP contribution in [0.15, 0.2) is 47.4 Å². The standard InChI is InChI=1S/C20H22FN3O6S/c1-2-30-19-8-3-14(13-18(19)24(26)27)20(25)23-11-9-16(10-12-23)22-31(28,29)17-6-4-15(21)5-7-17/h3-8,13,16,22H,2,9-12H2,1H3. The van der Waals surface area contributed by atoms with Crippen LogP contribution in [0.3, 0.4) is 0 Å². The number of hydrogen-bond donors (Lipinski definition) is 1. The number of carbonyl (C=O) groups is 1. The molecular formula is C20H22FN3O6S. The molecule has 1 aliphatic heterocycles. The third kappa shape index (κ3) is 5.36. The molecule has 0 atom stereocenters. The first kappa shape index (κ1) is 22.6. The van der Waals surface area contributed by atoms with E-state index in [1.807, 2.05) is 0 Å². The van der Waals surface area contributed by atoms with Gasteiger partial charge in [0.2, 0.25) is 10.0 Å². The Morgan fingerprint density at radius 2 is 1.87 bits per heavy atom. The zero-order valence-corrected chi connectivity index (χ0v) is 17.6. The molecule has 0 aromatic heterocycles. The Labute approximate surface area is 179 Å². The molecule has 1 fully saturated rings. The lowest BCUT2D eigenvalue weighted by Gasteiger charge is -2.32. The molecule has 1 saturated heterocycles. The van der Waals surface area contributed by atoms with Gasteiger partial charge in [0, 0.05) is 30.8 Å². The fourth-order valence-corrected chi connectivity index (χ4v) is 4.66. The van der Waals surface area contributed by atoms with Gasteiger partial charge < -0.3 is 9.64 Å². The van der Waals surface area contributed by atoms with Crippen LogP contribution in [0.2, 0.25) is 0 Å². The summed E-state index contributed by atoms with van der Waals surface area (Å²) in [6.07, 6.45) is 0.760. The molecule has 166 valence electrons. The van der Waals surface area contributed by atoms with Crippen molar-refractivity contribution >= 4 is 21.6 Å². The lowest BCUT2D eigenvalue weighted by molar-refractivity contribution is -0.385. The fourth-order valence-electron chi connectivity index (χ4n) is 3.35. The number of piperidine rings is 1. The molecule has 2 aromatic rings. The minimum Gasteiger partial charge on any atom is -0.487 e. The maximum Gasteiger partial charge on any atom is 0.311 e. The van der Waals surface area contributed by atoms with E-state index in [4.69, 9.17) is 4.74 Å². The first-order valence-electron chi connectivity index (χ1n) is 9.69. The zero-order valence-electron chi connectivity index (χ0n) is 16.8. The molecule has 9 nitrogen and oxygen atoms in total. The van der Waals surface area contributed by atoms with Crippen molar-refractivity contribution in [2.24, 2.45) is 0 Å². The molecule has 31 heavy (non-hydrogen) atoms. The number of sulfonamides is 1. The number of hydrogen-bond acceptors (Lipinski definition) is 6. The molecule has 11 heteroatoms. The number of ether oxygens (including phenoxy) is 1. The number of halogens is 1. The van der Waals surface area contributed by atoms with Gasteiger partial charge in [-0.25, -0.2) is 17.5 Å². The average molecular weight is 451 g/mol. The predicted octanol–water partition coefficient (Wildman–Crippen LogP) is 2.72. The summed E-state index contributed by atoms with van der Waals surface area (Å²) in [5.41, 5.74) is -0.116. The molecule has 1 aliphatic rings. The van der Waals surface area contributed by atoms with Crippen LogP contribution in [-0.2, 0) is 10.0 Å². The molecular weight excluding hydrogens is 429 g/mol. The van der Waals surface area contributed by atoms with Crippen LogP contribution in [0, 0.1) is 15.9 Å². The third-order valence-electron chi connectivity index (χ3n) is 4.93. The number of nitrogens with one attached hydrogen (secondary N) is 1. The van der Waals surface area contributed by atoms with E-state index in [0.717, 1.165) is 12.1 Å². The molecule has 0 unspecified atom stereocenters. The number of amides is 1. The summed E-state index contributed by atoms with van der Waals surface area (Å²) < 4.78 is 45.7. The van der Waals surface area contributed by atoms with Crippen molar-refractivity contribution in [3.05, 3.63) is 64.0 Å². The Kier molecular flexibility index (Phi) is 6.86. The summed E-state index contributed by atoms with van der Waals surface area (Å²) in [6.45, 7) is 2.54. The lowest BCUT2D eigenvalue weighted by atomic mass is 10.0. The average Bonchev–Trinajstić information content (AvgIpc) is 2.74. The number of rotatable bonds is 7. The van der Waals surface area contributed by atoms with Crippen LogP contribution in [-0.4, -0.2) is 49.9 Å². The second-order valence-electron chi connectivity index (χ2n) is 7.01. The highest BCUT2D eigenvalue weighted by Crippen LogP contribution is 2.29. The molecule has 1 N–H and O–H groups in total. The van der Waals surface area contributed by atoms with Gasteiger partial charge >= 0.3 is 5.69 Å². The molecule has 3 rings (SSSR count). The fraction of sp³-hybridized carbons (Fsp3) is 0.350. The lowest BCUT2D eigenvalue weighted by Crippen LogP contribution is -2.46. The van der Waals surface area contributed by atoms with Crippen molar-refractivity contribution in [3.63, 3.8) is 0 Å². The van der Waals surface area contributed by atoms with Gasteiger partial charge in [-0.2, -0.15) is 0 Å². The summed E-state index contributed by atoms with van der Waals surface area (Å²) in [7, 11) is -3.80. The van der Waals surface area contributed by atoms with Crippen LogP contribution < -0.4 is 9.46 Å². The third-order valence-corrected chi connectivity index (χ3v) is 6.47. The number of nitro groups is 1. The second-order valence-corrected chi connectivity index (χ2v) is 8.73. The number of nitro benzene ring substituents is 1. The Hall–Kier alpha value is -3.05. The van der Waals surface area contributed by atoms with Gasteiger partial charge in [-0.1, -0.05) is 0 Å². The van der Waals surface area contributed by atoms with Gasteiger partial charge in [-0.15, -0.1) is 0 Å². The van der Waals surface area contributed by atoms with E-state index in [2.05, 4.69) is 4.72 Å². The number of likely N-dealkylation sites (tertiary alicyclic amines) is 1. The van der Waals surface area contributed by atoms with E-state index in [9.17, 15) is 27.7 Å². The van der Waals surface area contributed by atoms with Crippen LogP contribution in [0.4, 0.5) is 10.1 Å². The molecule has 1 amide bonds. The smallest absolute Gasteiger partial charge is 0.311 e. The summed E-state index contributed by atoms with van der Waals surface area (Å²) >= 11 is 0. The first-order chi connectivity index (χ1) is 14.7. The second kappa shape index (κ2) is 9.40. The normalized spacial score (nSPS) is 15.0. The van der Waals surface area contributed by atoms with Gasteiger partial charge in [0.05, 0.1) is 16.4 Å². The van der Waals surface area contributed by atoms with E-state index in [1.54, 1.807) is 6.92 Å². The maximum atomic E-state index is 13.0. The van der Waals surface area contributed by atoms with Crippen molar-refractivity contribution in [1.29, 1.82) is 0 Å². The van der Waals surface area contributed by atoms with E-state index in [0.29, 0.717) is 12.8 Å². The highest BCUT2D eigenvalue weighted by atomic mass is 32.2. The topological polar surface area (TPSA) is 119 Å². The summed E-state index contributed by atoms with van der Waals surface area (Å²) in [5, 5.41) is 11.3. The largest absolute Gasteiger partial charge is 0.487 e. The molecule has 1 heterocycles. The van der Waals surface area contributed by atoms with Crippen LogP contribution in [0.5, 0.6) is 5.75 Å². The number of benzene rings is 2. The Morgan fingerprint density at radius 1 is 1.23 bits per heavy atom. The number of nitrogens with zero attached hydrogens (tertiary/aromatic N) is 2. The maximum absolute atomic E-state index is 13.0. The van der Waals surface area contributed by atoms with Crippen molar-refractivity contribution in [2.75, 3.05) is 19.7 Å². The molecule has 0 spiro atoms. The highest BCUT2D eigenvalue weighted by molar-refractivity contribution is 7.89. The van der Waals surface area contributed by atoms with Crippen molar-refractivity contribution in [1.82, 2.24) is 9.62 Å². The predicted molar refractivity (Wildman–Crippen MR) is 110 cm³/mol. The zero-order chi connectivity index (χ0) is 22.6. The van der Waals surface area contributed by atoms with Crippen LogP contribution in [0.25, 0.3) is 0 Å². The van der Waals surface area contributed by atoms with E-state index in [-0.39, 0.29) is 53.5 Å². The van der Waals surface area contributed by atoms with Gasteiger partial charge in [-0.3, -0.25) is 14.9 Å². The SMILES string of the molecule is CCOc1ccc(C(=O)N2CCC(NS(=O)(=O)c3ccc(F)cc3)CC2)cc1[N+](=O)[O-]. The van der Waals surface area contributed by atoms with Gasteiger partial charge in [0.25, 0.3) is 5.91 Å². The van der Waals surface area contributed by atoms with E-state index >= 15 is 0 Å². The first-order valence-corrected chi connectivity index (χ1v) is 11.2. The molecule has 0 radical (unpaired) electrons. The van der Waals surface area contributed by atoms with E-state index < -0.39 is 20.8 Å². The monoisotopic (exact) mass is 451 g/mol. The molecule has 0 saturated carbocycles. The van der Waals surface area contributed by atoms with Crippen molar-refractivity contribution in [3.8, 4) is 5.75 Å². The van der Waals surface area contributed by atoms with Gasteiger partial charge in [-0.05, 0) is 56.2 Å². The number of carbonyl (C=O) groups excluding carboxylic acids is 1. The quantitative estimate of drug-likeness (QED) is 0.511. The summed E-state index contributed by atoms with van der Waals surface area (Å²) in [6, 6.07) is 8.22. The summed E-state index contributed by atoms with van der Waals surface area (Å²) in [4.78, 5) is 24.9.